The summed E-state index contributed by atoms with van der Waals surface area (Å²) in [7, 11) is -0.809. The SMILES string of the molecule is COCOC(C=O)C(C)/C=C(\C)C(O[Si](C)(C)C(C)(C)C)C(CO[Si](C)(C)C(C)(C)C)OC. The fourth-order valence-corrected chi connectivity index (χ4v) is 5.15. The maximum Gasteiger partial charge on any atom is 0.193 e. The van der Waals surface area contributed by atoms with Crippen LogP contribution < -0.4 is 0 Å². The van der Waals surface area contributed by atoms with Crippen molar-refractivity contribution in [2.75, 3.05) is 27.6 Å². The Balaban J connectivity index is 6.03. The molecule has 0 saturated heterocycles. The van der Waals surface area contributed by atoms with Crippen LogP contribution in [0.2, 0.25) is 36.3 Å². The van der Waals surface area contributed by atoms with Crippen LogP contribution in [0.25, 0.3) is 0 Å². The molecule has 4 atom stereocenters. The van der Waals surface area contributed by atoms with Crippen molar-refractivity contribution in [1.82, 2.24) is 0 Å². The van der Waals surface area contributed by atoms with Crippen LogP contribution in [0.1, 0.15) is 55.4 Å². The number of hydrogen-bond donors (Lipinski definition) is 0. The largest absolute Gasteiger partial charge is 0.414 e. The number of hydrogen-bond acceptors (Lipinski definition) is 6. The van der Waals surface area contributed by atoms with E-state index in [2.05, 4.69) is 73.8 Å². The molecule has 0 amide bonds. The highest BCUT2D eigenvalue weighted by Gasteiger charge is 2.43. The van der Waals surface area contributed by atoms with Crippen molar-refractivity contribution in [2.45, 2.75) is 110 Å². The molecule has 0 aromatic rings. The monoisotopic (exact) mass is 504 g/mol. The van der Waals surface area contributed by atoms with Gasteiger partial charge in [0.15, 0.2) is 16.6 Å². The molecular formula is C25H52O6Si2. The lowest BCUT2D eigenvalue weighted by Gasteiger charge is -2.43. The van der Waals surface area contributed by atoms with Crippen LogP contribution in [-0.4, -0.2) is 68.9 Å². The molecule has 0 bridgehead atoms. The first-order valence-corrected chi connectivity index (χ1v) is 17.7. The second-order valence-corrected chi connectivity index (χ2v) is 21.7. The number of aldehydes is 1. The quantitative estimate of drug-likeness (QED) is 0.122. The Morgan fingerprint density at radius 1 is 0.939 bits per heavy atom. The Morgan fingerprint density at radius 2 is 1.45 bits per heavy atom. The number of carbonyl (C=O) groups excluding carboxylic acids is 1. The zero-order valence-corrected chi connectivity index (χ0v) is 25.8. The standard InChI is InChI=1S/C25H52O6Si2/c1-19(21(16-26)29-18-27-9)15-20(2)23(31-33(13,14)25(6,7)8)22(28-10)17-30-32(11,12)24(3,4)5/h15-16,19,21-23H,17-18H2,1-14H3/b20-15+. The van der Waals surface area contributed by atoms with Crippen molar-refractivity contribution >= 4 is 22.9 Å². The molecule has 0 aliphatic heterocycles. The summed E-state index contributed by atoms with van der Waals surface area (Å²) in [4.78, 5) is 11.6. The van der Waals surface area contributed by atoms with E-state index in [-0.39, 0.29) is 35.0 Å². The van der Waals surface area contributed by atoms with Gasteiger partial charge in [-0.25, -0.2) is 0 Å². The van der Waals surface area contributed by atoms with Crippen LogP contribution >= 0.6 is 0 Å². The van der Waals surface area contributed by atoms with E-state index in [0.717, 1.165) is 11.9 Å². The van der Waals surface area contributed by atoms with Gasteiger partial charge in [0, 0.05) is 20.1 Å². The van der Waals surface area contributed by atoms with Crippen molar-refractivity contribution in [2.24, 2.45) is 5.92 Å². The van der Waals surface area contributed by atoms with Gasteiger partial charge in [0.25, 0.3) is 0 Å². The fraction of sp³-hybridized carbons (Fsp3) is 0.880. The predicted octanol–water partition coefficient (Wildman–Crippen LogP) is 6.18. The predicted molar refractivity (Wildman–Crippen MR) is 142 cm³/mol. The minimum atomic E-state index is -2.11. The first-order valence-electron chi connectivity index (χ1n) is 11.9. The van der Waals surface area contributed by atoms with E-state index >= 15 is 0 Å². The van der Waals surface area contributed by atoms with Gasteiger partial charge in [0.1, 0.15) is 25.3 Å². The number of ether oxygens (including phenoxy) is 3. The van der Waals surface area contributed by atoms with E-state index in [1.54, 1.807) is 14.2 Å². The van der Waals surface area contributed by atoms with Crippen molar-refractivity contribution in [1.29, 1.82) is 0 Å². The highest BCUT2D eigenvalue weighted by atomic mass is 28.4. The van der Waals surface area contributed by atoms with Gasteiger partial charge in [-0.05, 0) is 48.8 Å². The van der Waals surface area contributed by atoms with E-state index in [9.17, 15) is 4.79 Å². The third-order valence-electron chi connectivity index (χ3n) is 7.29. The second kappa shape index (κ2) is 13.1. The zero-order chi connectivity index (χ0) is 26.3. The molecule has 0 radical (unpaired) electrons. The molecule has 0 fully saturated rings. The molecule has 0 N–H and O–H groups in total. The summed E-state index contributed by atoms with van der Waals surface area (Å²) < 4.78 is 29.9. The second-order valence-electron chi connectivity index (χ2n) is 12.1. The Hall–Kier alpha value is -0.356. The topological polar surface area (TPSA) is 63.2 Å². The maximum atomic E-state index is 11.6. The van der Waals surface area contributed by atoms with Gasteiger partial charge in [-0.2, -0.15) is 0 Å². The normalized spacial score (nSPS) is 18.1. The van der Waals surface area contributed by atoms with Crippen LogP contribution in [-0.2, 0) is 27.9 Å². The van der Waals surface area contributed by atoms with Gasteiger partial charge in [0.2, 0.25) is 0 Å². The molecule has 0 saturated carbocycles. The average molecular weight is 505 g/mol. The molecule has 0 rings (SSSR count). The third kappa shape index (κ3) is 10.0. The summed E-state index contributed by atoms with van der Waals surface area (Å²) in [6.45, 7) is 26.9. The van der Waals surface area contributed by atoms with E-state index < -0.39 is 22.7 Å². The molecule has 0 spiro atoms. The van der Waals surface area contributed by atoms with Crippen molar-refractivity contribution < 1.29 is 27.9 Å². The Labute approximate surface area is 206 Å². The molecule has 4 unspecified atom stereocenters. The Bertz CT molecular complexity index is 619. The van der Waals surface area contributed by atoms with Gasteiger partial charge in [0.05, 0.1) is 12.7 Å². The molecule has 33 heavy (non-hydrogen) atoms. The lowest BCUT2D eigenvalue weighted by molar-refractivity contribution is -0.130. The summed E-state index contributed by atoms with van der Waals surface area (Å²) in [6.07, 6.45) is 1.76. The molecule has 0 aromatic heterocycles. The summed E-state index contributed by atoms with van der Waals surface area (Å²) in [5, 5.41) is 0.152. The lowest BCUT2D eigenvalue weighted by Crippen LogP contribution is -2.50. The molecule has 0 aliphatic carbocycles. The summed E-state index contributed by atoms with van der Waals surface area (Å²) >= 11 is 0. The van der Waals surface area contributed by atoms with E-state index in [1.807, 2.05) is 13.8 Å². The summed E-state index contributed by atoms with van der Waals surface area (Å²) in [5.41, 5.74) is 1.02. The third-order valence-corrected chi connectivity index (χ3v) is 16.2. The molecule has 8 heteroatoms. The Kier molecular flexibility index (Phi) is 12.9. The smallest absolute Gasteiger partial charge is 0.193 e. The highest BCUT2D eigenvalue weighted by molar-refractivity contribution is 6.74. The van der Waals surface area contributed by atoms with Crippen LogP contribution in [0, 0.1) is 5.92 Å². The number of methoxy groups -OCH3 is 2. The highest BCUT2D eigenvalue weighted by Crippen LogP contribution is 2.40. The van der Waals surface area contributed by atoms with Crippen molar-refractivity contribution in [3.8, 4) is 0 Å². The van der Waals surface area contributed by atoms with Crippen LogP contribution in [0.5, 0.6) is 0 Å². The molecule has 0 aromatic carbocycles. The van der Waals surface area contributed by atoms with Gasteiger partial charge < -0.3 is 27.9 Å². The van der Waals surface area contributed by atoms with Gasteiger partial charge in [-0.3, -0.25) is 0 Å². The average Bonchev–Trinajstić information content (AvgIpc) is 2.66. The van der Waals surface area contributed by atoms with Crippen LogP contribution in [0.3, 0.4) is 0 Å². The minimum Gasteiger partial charge on any atom is -0.414 e. The zero-order valence-electron chi connectivity index (χ0n) is 23.8. The van der Waals surface area contributed by atoms with Gasteiger partial charge in [-0.1, -0.05) is 54.5 Å². The van der Waals surface area contributed by atoms with Crippen LogP contribution in [0.4, 0.5) is 0 Å². The lowest BCUT2D eigenvalue weighted by atomic mass is 9.98. The molecule has 0 aliphatic rings. The number of rotatable bonds is 14. The van der Waals surface area contributed by atoms with Gasteiger partial charge in [-0.15, -0.1) is 0 Å². The summed E-state index contributed by atoms with van der Waals surface area (Å²) in [5.74, 6) is -0.137. The molecule has 6 nitrogen and oxygen atoms in total. The van der Waals surface area contributed by atoms with Crippen LogP contribution in [0.15, 0.2) is 11.6 Å². The maximum absolute atomic E-state index is 11.6. The van der Waals surface area contributed by atoms with Crippen molar-refractivity contribution in [3.05, 3.63) is 11.6 Å². The van der Waals surface area contributed by atoms with E-state index in [4.69, 9.17) is 23.1 Å². The first kappa shape index (κ1) is 32.6. The van der Waals surface area contributed by atoms with E-state index in [1.165, 1.54) is 0 Å². The van der Waals surface area contributed by atoms with E-state index in [0.29, 0.717) is 6.61 Å². The Morgan fingerprint density at radius 3 is 1.85 bits per heavy atom. The number of carbonyl (C=O) groups is 1. The fourth-order valence-electron chi connectivity index (χ4n) is 2.81. The first-order chi connectivity index (χ1) is 14.8. The van der Waals surface area contributed by atoms with Gasteiger partial charge >= 0.3 is 0 Å². The molecular weight excluding hydrogens is 452 g/mol. The molecule has 196 valence electrons. The molecule has 0 heterocycles. The minimum absolute atomic E-state index is 0.0443. The van der Waals surface area contributed by atoms with Crippen molar-refractivity contribution in [3.63, 3.8) is 0 Å². The summed E-state index contributed by atoms with van der Waals surface area (Å²) in [6, 6.07) is 0.